The first-order valence-corrected chi connectivity index (χ1v) is 7.65. The number of aliphatic hydroxyl groups excluding tert-OH is 1. The van der Waals surface area contributed by atoms with E-state index in [1.54, 1.807) is 0 Å². The molecule has 2 N–H and O–H groups in total. The van der Waals surface area contributed by atoms with Crippen molar-refractivity contribution in [1.82, 2.24) is 15.1 Å². The van der Waals surface area contributed by atoms with Gasteiger partial charge in [-0.2, -0.15) is 0 Å². The number of nitrogens with zero attached hydrogens (tertiary/aromatic N) is 2. The van der Waals surface area contributed by atoms with Gasteiger partial charge in [-0.1, -0.05) is 0 Å². The van der Waals surface area contributed by atoms with Crippen molar-refractivity contribution >= 4 is 0 Å². The first-order chi connectivity index (χ1) is 9.24. The third kappa shape index (κ3) is 5.75. The molecule has 0 aromatic carbocycles. The first-order valence-electron chi connectivity index (χ1n) is 7.65. The monoisotopic (exact) mass is 271 g/mol. The molecule has 0 aliphatic carbocycles. The van der Waals surface area contributed by atoms with Gasteiger partial charge in [-0.05, 0) is 26.3 Å². The van der Waals surface area contributed by atoms with Crippen molar-refractivity contribution in [2.45, 2.75) is 31.5 Å². The summed E-state index contributed by atoms with van der Waals surface area (Å²) in [4.78, 5) is 4.55. The van der Waals surface area contributed by atoms with E-state index in [9.17, 15) is 5.11 Å². The molecule has 2 aliphatic rings. The first kappa shape index (κ1) is 15.2. The van der Waals surface area contributed by atoms with Crippen LogP contribution in [0.4, 0.5) is 0 Å². The Morgan fingerprint density at radius 3 is 2.84 bits per heavy atom. The van der Waals surface area contributed by atoms with Crippen LogP contribution in [0.2, 0.25) is 0 Å². The minimum absolute atomic E-state index is 0.258. The van der Waals surface area contributed by atoms with E-state index in [-0.39, 0.29) is 6.10 Å². The number of nitrogens with one attached hydrogen (secondary N) is 1. The van der Waals surface area contributed by atoms with Gasteiger partial charge in [0.15, 0.2) is 0 Å². The predicted molar refractivity (Wildman–Crippen MR) is 76.4 cm³/mol. The van der Waals surface area contributed by atoms with Gasteiger partial charge in [0.05, 0.1) is 12.2 Å². The molecule has 0 aromatic heterocycles. The van der Waals surface area contributed by atoms with E-state index in [2.05, 4.69) is 22.2 Å². The van der Waals surface area contributed by atoms with E-state index in [4.69, 9.17) is 4.74 Å². The molecule has 2 aliphatic heterocycles. The van der Waals surface area contributed by atoms with Crippen molar-refractivity contribution in [2.75, 3.05) is 59.5 Å². The van der Waals surface area contributed by atoms with Crippen LogP contribution < -0.4 is 5.32 Å². The van der Waals surface area contributed by atoms with Crippen LogP contribution in [-0.4, -0.2) is 86.6 Å². The van der Waals surface area contributed by atoms with E-state index in [1.807, 2.05) is 0 Å². The van der Waals surface area contributed by atoms with E-state index < -0.39 is 0 Å². The number of likely N-dealkylation sites (N-methyl/N-ethyl adjacent to an activating group) is 1. The molecule has 5 nitrogen and oxygen atoms in total. The fourth-order valence-electron chi connectivity index (χ4n) is 2.98. The Morgan fingerprint density at radius 1 is 1.37 bits per heavy atom. The standard InChI is InChI=1S/C14H29N3O2/c1-16(12-14-4-2-3-9-19-14)10-13(18)11-17-7-5-15-6-8-17/h13-15,18H,2-12H2,1H3. The zero-order valence-electron chi connectivity index (χ0n) is 12.2. The Balaban J connectivity index is 1.61. The second-order valence-corrected chi connectivity index (χ2v) is 5.91. The molecular formula is C14H29N3O2. The lowest BCUT2D eigenvalue weighted by atomic mass is 10.1. The zero-order chi connectivity index (χ0) is 13.5. The molecule has 2 heterocycles. The number of hydrogen-bond acceptors (Lipinski definition) is 5. The summed E-state index contributed by atoms with van der Waals surface area (Å²) >= 11 is 0. The second-order valence-electron chi connectivity index (χ2n) is 5.91. The molecule has 0 radical (unpaired) electrons. The van der Waals surface area contributed by atoms with Gasteiger partial charge in [-0.15, -0.1) is 0 Å². The average Bonchev–Trinajstić information content (AvgIpc) is 2.40. The van der Waals surface area contributed by atoms with Gasteiger partial charge in [-0.3, -0.25) is 4.90 Å². The summed E-state index contributed by atoms with van der Waals surface area (Å²) in [5.74, 6) is 0. The third-order valence-electron chi connectivity index (χ3n) is 3.99. The molecule has 0 bridgehead atoms. The van der Waals surface area contributed by atoms with Crippen molar-refractivity contribution in [3.05, 3.63) is 0 Å². The summed E-state index contributed by atoms with van der Waals surface area (Å²) in [5, 5.41) is 13.5. The van der Waals surface area contributed by atoms with Gasteiger partial charge in [0.2, 0.25) is 0 Å². The molecule has 2 unspecified atom stereocenters. The number of β-amino-alcohol motifs (C(OH)–C–C–N with tert-alkyl or cyclic N) is 1. The molecule has 0 saturated carbocycles. The van der Waals surface area contributed by atoms with E-state index >= 15 is 0 Å². The molecule has 2 saturated heterocycles. The van der Waals surface area contributed by atoms with Crippen LogP contribution in [0.3, 0.4) is 0 Å². The normalized spacial score (nSPS) is 27.6. The molecule has 5 heteroatoms. The minimum Gasteiger partial charge on any atom is -0.390 e. The van der Waals surface area contributed by atoms with Crippen LogP contribution in [0.1, 0.15) is 19.3 Å². The van der Waals surface area contributed by atoms with Crippen molar-refractivity contribution < 1.29 is 9.84 Å². The van der Waals surface area contributed by atoms with Gasteiger partial charge in [0.25, 0.3) is 0 Å². The summed E-state index contributed by atoms with van der Waals surface area (Å²) in [6.07, 6.45) is 3.75. The zero-order valence-corrected chi connectivity index (χ0v) is 12.2. The van der Waals surface area contributed by atoms with Crippen LogP contribution in [0.15, 0.2) is 0 Å². The quantitative estimate of drug-likeness (QED) is 0.698. The molecule has 0 spiro atoms. The lowest BCUT2D eigenvalue weighted by molar-refractivity contribution is -0.0103. The fraction of sp³-hybridized carbons (Fsp3) is 1.00. The summed E-state index contributed by atoms with van der Waals surface area (Å²) in [6, 6.07) is 0. The van der Waals surface area contributed by atoms with Crippen molar-refractivity contribution in [1.29, 1.82) is 0 Å². The molecular weight excluding hydrogens is 242 g/mol. The Hall–Kier alpha value is -0.200. The van der Waals surface area contributed by atoms with Crippen LogP contribution in [0, 0.1) is 0 Å². The Bertz CT molecular complexity index is 217. The van der Waals surface area contributed by atoms with E-state index in [0.717, 1.165) is 58.8 Å². The predicted octanol–water partition coefficient (Wildman–Crippen LogP) is -0.247. The molecule has 19 heavy (non-hydrogen) atoms. The number of rotatable bonds is 6. The highest BCUT2D eigenvalue weighted by atomic mass is 16.5. The van der Waals surface area contributed by atoms with Crippen LogP contribution in [0.5, 0.6) is 0 Å². The smallest absolute Gasteiger partial charge is 0.0793 e. The number of hydrogen-bond donors (Lipinski definition) is 2. The van der Waals surface area contributed by atoms with Crippen LogP contribution in [0.25, 0.3) is 0 Å². The van der Waals surface area contributed by atoms with Crippen molar-refractivity contribution in [3.8, 4) is 0 Å². The summed E-state index contributed by atoms with van der Waals surface area (Å²) < 4.78 is 5.74. The van der Waals surface area contributed by atoms with Crippen LogP contribution >= 0.6 is 0 Å². The number of piperazine rings is 1. The van der Waals surface area contributed by atoms with Gasteiger partial charge in [0.1, 0.15) is 0 Å². The maximum Gasteiger partial charge on any atom is 0.0793 e. The summed E-state index contributed by atoms with van der Waals surface area (Å²) in [5.41, 5.74) is 0. The van der Waals surface area contributed by atoms with Gasteiger partial charge < -0.3 is 20.1 Å². The highest BCUT2D eigenvalue weighted by molar-refractivity contribution is 4.74. The SMILES string of the molecule is CN(CC(O)CN1CCNCC1)CC1CCCCO1. The molecule has 2 fully saturated rings. The van der Waals surface area contributed by atoms with Gasteiger partial charge in [-0.25, -0.2) is 0 Å². The maximum absolute atomic E-state index is 10.2. The molecule has 0 amide bonds. The fourth-order valence-corrected chi connectivity index (χ4v) is 2.98. The molecule has 112 valence electrons. The number of ether oxygens (including phenoxy) is 1. The summed E-state index contributed by atoms with van der Waals surface area (Å²) in [6.45, 7) is 7.55. The molecule has 0 aromatic rings. The minimum atomic E-state index is -0.258. The van der Waals surface area contributed by atoms with E-state index in [1.165, 1.54) is 12.8 Å². The van der Waals surface area contributed by atoms with Crippen molar-refractivity contribution in [2.24, 2.45) is 0 Å². The van der Waals surface area contributed by atoms with Gasteiger partial charge >= 0.3 is 0 Å². The van der Waals surface area contributed by atoms with Gasteiger partial charge in [0, 0.05) is 52.4 Å². The van der Waals surface area contributed by atoms with Crippen LogP contribution in [-0.2, 0) is 4.74 Å². The Labute approximate surface area is 116 Å². The third-order valence-corrected chi connectivity index (χ3v) is 3.99. The van der Waals surface area contributed by atoms with E-state index in [0.29, 0.717) is 6.10 Å². The van der Waals surface area contributed by atoms with Crippen molar-refractivity contribution in [3.63, 3.8) is 0 Å². The summed E-state index contributed by atoms with van der Waals surface area (Å²) in [7, 11) is 2.08. The molecule has 2 rings (SSSR count). The topological polar surface area (TPSA) is 48.0 Å². The lowest BCUT2D eigenvalue weighted by Gasteiger charge is -2.32. The Kier molecular flexibility index (Phi) is 6.53. The Morgan fingerprint density at radius 2 is 2.16 bits per heavy atom. The second kappa shape index (κ2) is 8.17. The average molecular weight is 271 g/mol. The molecule has 2 atom stereocenters. The maximum atomic E-state index is 10.2. The number of aliphatic hydroxyl groups is 1. The largest absolute Gasteiger partial charge is 0.390 e. The lowest BCUT2D eigenvalue weighted by Crippen LogP contribution is -2.48. The highest BCUT2D eigenvalue weighted by Crippen LogP contribution is 2.13. The highest BCUT2D eigenvalue weighted by Gasteiger charge is 2.19.